The fourth-order valence-electron chi connectivity index (χ4n) is 2.11. The Morgan fingerprint density at radius 1 is 1.05 bits per heavy atom. The van der Waals surface area contributed by atoms with Crippen LogP contribution in [0.15, 0.2) is 42.5 Å². The Morgan fingerprint density at radius 3 is 2.29 bits per heavy atom. The second kappa shape index (κ2) is 5.48. The lowest BCUT2D eigenvalue weighted by Gasteiger charge is -2.23. The van der Waals surface area contributed by atoms with Crippen LogP contribution in [0.4, 0.5) is 5.69 Å². The Kier molecular flexibility index (Phi) is 3.89. The van der Waals surface area contributed by atoms with E-state index in [0.717, 1.165) is 5.56 Å². The first-order valence-corrected chi connectivity index (χ1v) is 6.70. The molecule has 0 unspecified atom stereocenters. The Labute approximate surface area is 124 Å². The van der Waals surface area contributed by atoms with Crippen LogP contribution in [-0.2, 0) is 5.41 Å². The van der Waals surface area contributed by atoms with Crippen LogP contribution in [0.5, 0.6) is 11.5 Å². The second-order valence-corrected chi connectivity index (χ2v) is 5.87. The third kappa shape index (κ3) is 3.16. The summed E-state index contributed by atoms with van der Waals surface area (Å²) in [6.45, 7) is 6.27. The van der Waals surface area contributed by atoms with Crippen LogP contribution in [0.3, 0.4) is 0 Å². The van der Waals surface area contributed by atoms with Crippen LogP contribution < -0.4 is 10.5 Å². The van der Waals surface area contributed by atoms with E-state index in [0.29, 0.717) is 11.5 Å². The van der Waals surface area contributed by atoms with Gasteiger partial charge in [-0.1, -0.05) is 45.0 Å². The molecule has 0 radical (unpaired) electrons. The summed E-state index contributed by atoms with van der Waals surface area (Å²) in [5.74, 6) is -0.0344. The Morgan fingerprint density at radius 2 is 1.67 bits per heavy atom. The normalized spacial score (nSPS) is 11.2. The van der Waals surface area contributed by atoms with Crippen molar-refractivity contribution in [3.05, 3.63) is 53.6 Å². The molecule has 3 N–H and O–H groups in total. The van der Waals surface area contributed by atoms with E-state index in [2.05, 4.69) is 20.8 Å². The van der Waals surface area contributed by atoms with E-state index in [4.69, 9.17) is 15.6 Å². The van der Waals surface area contributed by atoms with Crippen molar-refractivity contribution in [3.63, 3.8) is 0 Å². The van der Waals surface area contributed by atoms with Crippen molar-refractivity contribution >= 4 is 11.7 Å². The number of aromatic carboxylic acids is 1. The molecule has 0 aliphatic carbocycles. The maximum atomic E-state index is 11.1. The average molecular weight is 285 g/mol. The number of carboxylic acids is 1. The topological polar surface area (TPSA) is 72.5 Å². The Hall–Kier alpha value is -2.49. The Balaban J connectivity index is 2.45. The lowest BCUT2D eigenvalue weighted by Crippen LogP contribution is -2.12. The molecule has 2 aromatic carbocycles. The molecule has 110 valence electrons. The molecule has 0 spiro atoms. The van der Waals surface area contributed by atoms with E-state index in [1.807, 2.05) is 24.3 Å². The number of carboxylic acid groups (broad SMARTS) is 1. The molecule has 21 heavy (non-hydrogen) atoms. The summed E-state index contributed by atoms with van der Waals surface area (Å²) in [6, 6.07) is 12.4. The second-order valence-electron chi connectivity index (χ2n) is 5.87. The van der Waals surface area contributed by atoms with Crippen LogP contribution in [0.25, 0.3) is 0 Å². The van der Waals surface area contributed by atoms with Gasteiger partial charge in [-0.2, -0.15) is 0 Å². The van der Waals surface area contributed by atoms with Crippen molar-refractivity contribution in [2.24, 2.45) is 0 Å². The number of benzene rings is 2. The molecule has 0 atom stereocenters. The van der Waals surface area contributed by atoms with Gasteiger partial charge in [0.1, 0.15) is 5.75 Å². The molecule has 0 heterocycles. The molecule has 0 fully saturated rings. The van der Waals surface area contributed by atoms with Gasteiger partial charge in [-0.15, -0.1) is 0 Å². The molecule has 0 aliphatic heterocycles. The molecular formula is C17H19NO3. The van der Waals surface area contributed by atoms with Gasteiger partial charge in [0, 0.05) is 5.56 Å². The van der Waals surface area contributed by atoms with Gasteiger partial charge >= 0.3 is 5.97 Å². The van der Waals surface area contributed by atoms with Gasteiger partial charge in [0.2, 0.25) is 0 Å². The van der Waals surface area contributed by atoms with Crippen LogP contribution in [0, 0.1) is 0 Å². The predicted octanol–water partition coefficient (Wildman–Crippen LogP) is 4.06. The number of nitrogen functional groups attached to an aromatic ring is 1. The summed E-state index contributed by atoms with van der Waals surface area (Å²) in [7, 11) is 0. The van der Waals surface area contributed by atoms with Crippen molar-refractivity contribution < 1.29 is 14.6 Å². The molecule has 0 saturated carbocycles. The minimum absolute atomic E-state index is 0.0424. The SMILES string of the molecule is CC(C)(C)c1ccccc1Oc1cccc(C(=O)O)c1N. The largest absolute Gasteiger partial charge is 0.478 e. The van der Waals surface area contributed by atoms with Crippen LogP contribution in [0.2, 0.25) is 0 Å². The first-order valence-electron chi connectivity index (χ1n) is 6.70. The first kappa shape index (κ1) is 14.9. The van der Waals surface area contributed by atoms with E-state index in [1.165, 1.54) is 6.07 Å². The number of ether oxygens (including phenoxy) is 1. The number of nitrogens with two attached hydrogens (primary N) is 1. The quantitative estimate of drug-likeness (QED) is 0.834. The van der Waals surface area contributed by atoms with Crippen molar-refractivity contribution in [2.75, 3.05) is 5.73 Å². The third-order valence-corrected chi connectivity index (χ3v) is 3.21. The van der Waals surface area contributed by atoms with Crippen LogP contribution in [-0.4, -0.2) is 11.1 Å². The molecule has 0 aliphatic rings. The smallest absolute Gasteiger partial charge is 0.337 e. The number of para-hydroxylation sites is 2. The van der Waals surface area contributed by atoms with Crippen LogP contribution in [0.1, 0.15) is 36.7 Å². The van der Waals surface area contributed by atoms with Gasteiger partial charge in [0.15, 0.2) is 5.75 Å². The van der Waals surface area contributed by atoms with Gasteiger partial charge in [-0.25, -0.2) is 4.79 Å². The molecule has 4 nitrogen and oxygen atoms in total. The summed E-state index contributed by atoms with van der Waals surface area (Å²) < 4.78 is 5.87. The highest BCUT2D eigenvalue weighted by molar-refractivity contribution is 5.95. The number of hydrogen-bond acceptors (Lipinski definition) is 3. The van der Waals surface area contributed by atoms with Gasteiger partial charge in [0.25, 0.3) is 0 Å². The van der Waals surface area contributed by atoms with E-state index >= 15 is 0 Å². The standard InChI is InChI=1S/C17H19NO3/c1-17(2,3)12-8-4-5-9-13(12)21-14-10-6-7-11(15(14)18)16(19)20/h4-10H,18H2,1-3H3,(H,19,20). The van der Waals surface area contributed by atoms with Crippen molar-refractivity contribution in [1.82, 2.24) is 0 Å². The fourth-order valence-corrected chi connectivity index (χ4v) is 2.11. The van der Waals surface area contributed by atoms with Crippen LogP contribution >= 0.6 is 0 Å². The number of rotatable bonds is 3. The van der Waals surface area contributed by atoms with E-state index in [1.54, 1.807) is 12.1 Å². The predicted molar refractivity (Wildman–Crippen MR) is 83.0 cm³/mol. The monoisotopic (exact) mass is 285 g/mol. The zero-order chi connectivity index (χ0) is 15.6. The molecule has 2 aromatic rings. The van der Waals surface area contributed by atoms with Gasteiger partial charge in [0.05, 0.1) is 11.3 Å². The lowest BCUT2D eigenvalue weighted by molar-refractivity contribution is 0.0697. The van der Waals surface area contributed by atoms with Crippen molar-refractivity contribution in [2.45, 2.75) is 26.2 Å². The maximum Gasteiger partial charge on any atom is 0.337 e. The molecule has 0 amide bonds. The van der Waals surface area contributed by atoms with Gasteiger partial charge < -0.3 is 15.6 Å². The van der Waals surface area contributed by atoms with Crippen molar-refractivity contribution in [3.8, 4) is 11.5 Å². The summed E-state index contributed by atoms with van der Waals surface area (Å²) in [5.41, 5.74) is 7.01. The summed E-state index contributed by atoms with van der Waals surface area (Å²) in [4.78, 5) is 11.1. The molecule has 0 aromatic heterocycles. The molecule has 0 bridgehead atoms. The molecular weight excluding hydrogens is 266 g/mol. The summed E-state index contributed by atoms with van der Waals surface area (Å²) in [6.07, 6.45) is 0. The van der Waals surface area contributed by atoms with E-state index in [9.17, 15) is 4.79 Å². The van der Waals surface area contributed by atoms with E-state index < -0.39 is 5.97 Å². The highest BCUT2D eigenvalue weighted by Gasteiger charge is 2.20. The van der Waals surface area contributed by atoms with Gasteiger partial charge in [-0.05, 0) is 23.6 Å². The fraction of sp³-hybridized carbons (Fsp3) is 0.235. The summed E-state index contributed by atoms with van der Waals surface area (Å²) in [5, 5.41) is 9.10. The number of hydrogen-bond donors (Lipinski definition) is 2. The minimum Gasteiger partial charge on any atom is -0.478 e. The third-order valence-electron chi connectivity index (χ3n) is 3.21. The highest BCUT2D eigenvalue weighted by Crippen LogP contribution is 2.36. The lowest BCUT2D eigenvalue weighted by atomic mass is 9.86. The number of anilines is 1. The molecule has 2 rings (SSSR count). The van der Waals surface area contributed by atoms with Crippen molar-refractivity contribution in [1.29, 1.82) is 0 Å². The maximum absolute atomic E-state index is 11.1. The van der Waals surface area contributed by atoms with E-state index in [-0.39, 0.29) is 16.7 Å². The average Bonchev–Trinajstić information content (AvgIpc) is 2.40. The minimum atomic E-state index is -1.07. The zero-order valence-electron chi connectivity index (χ0n) is 12.4. The number of carbonyl (C=O) groups is 1. The zero-order valence-corrected chi connectivity index (χ0v) is 12.4. The molecule has 4 heteroatoms. The Bertz CT molecular complexity index is 672. The summed E-state index contributed by atoms with van der Waals surface area (Å²) >= 11 is 0. The molecule has 0 saturated heterocycles. The highest BCUT2D eigenvalue weighted by atomic mass is 16.5. The van der Waals surface area contributed by atoms with Gasteiger partial charge in [-0.3, -0.25) is 0 Å². The first-order chi connectivity index (χ1) is 9.80.